The summed E-state index contributed by atoms with van der Waals surface area (Å²) in [6.07, 6.45) is 0. The number of aryl methyl sites for hydroxylation is 1. The van der Waals surface area contributed by atoms with E-state index < -0.39 is 15.9 Å². The van der Waals surface area contributed by atoms with Gasteiger partial charge in [0.1, 0.15) is 16.3 Å². The van der Waals surface area contributed by atoms with Gasteiger partial charge in [-0.1, -0.05) is 22.4 Å². The van der Waals surface area contributed by atoms with Gasteiger partial charge in [0.2, 0.25) is 0 Å². The average Bonchev–Trinajstić information content (AvgIpc) is 2.87. The maximum absolute atomic E-state index is 12.3. The topological polar surface area (TPSA) is 93.4 Å². The lowest BCUT2D eigenvalue weighted by Crippen LogP contribution is -2.29. The molecule has 1 aromatic carbocycles. The van der Waals surface area contributed by atoms with Crippen LogP contribution in [0.5, 0.6) is 0 Å². The first-order valence-corrected chi connectivity index (χ1v) is 6.90. The number of amides is 1. The summed E-state index contributed by atoms with van der Waals surface area (Å²) in [6, 6.07) is 6.11. The highest BCUT2D eigenvalue weighted by atomic mass is 32.2. The Bertz CT molecular complexity index is 766. The van der Waals surface area contributed by atoms with Crippen molar-refractivity contribution in [2.45, 2.75) is 18.4 Å². The molecule has 3 rings (SSSR count). The minimum atomic E-state index is -3.81. The van der Waals surface area contributed by atoms with Crippen LogP contribution < -0.4 is 0 Å². The van der Waals surface area contributed by atoms with Crippen molar-refractivity contribution in [1.29, 1.82) is 0 Å². The highest BCUT2D eigenvalue weighted by Crippen LogP contribution is 2.31. The van der Waals surface area contributed by atoms with Gasteiger partial charge in [0.25, 0.3) is 15.9 Å². The lowest BCUT2D eigenvalue weighted by atomic mass is 10.2. The molecule has 7 nitrogen and oxygen atoms in total. The zero-order valence-electron chi connectivity index (χ0n) is 9.90. The minimum absolute atomic E-state index is 0.0223. The van der Waals surface area contributed by atoms with Crippen LogP contribution >= 0.6 is 0 Å². The molecule has 0 bridgehead atoms. The maximum atomic E-state index is 12.3. The second-order valence-electron chi connectivity index (χ2n) is 4.11. The van der Waals surface area contributed by atoms with E-state index in [4.69, 9.17) is 0 Å². The third-order valence-electron chi connectivity index (χ3n) is 2.95. The summed E-state index contributed by atoms with van der Waals surface area (Å²) < 4.78 is 29.8. The molecule has 1 aliphatic heterocycles. The Balaban J connectivity index is 2.06. The fourth-order valence-electron chi connectivity index (χ4n) is 1.92. The molecule has 1 aliphatic rings. The van der Waals surface area contributed by atoms with Gasteiger partial charge in [0, 0.05) is 0 Å². The largest absolute Gasteiger partial charge is 0.269 e. The Hall–Kier alpha value is -2.22. The number of aromatic nitrogens is 2. The average molecular weight is 279 g/mol. The number of hydrogen-bond donors (Lipinski definition) is 0. The molecule has 0 saturated carbocycles. The van der Waals surface area contributed by atoms with Crippen LogP contribution in [-0.4, -0.2) is 28.9 Å². The Morgan fingerprint density at radius 1 is 1.26 bits per heavy atom. The predicted octanol–water partition coefficient (Wildman–Crippen LogP) is 0.723. The zero-order valence-corrected chi connectivity index (χ0v) is 10.7. The number of sulfonamides is 1. The van der Waals surface area contributed by atoms with E-state index in [9.17, 15) is 13.2 Å². The number of fused-ring (bicyclic) bond motifs is 1. The summed E-state index contributed by atoms with van der Waals surface area (Å²) in [5.41, 5.74) is 0.959. The molecule has 1 aromatic heterocycles. The molecular formula is C11H9N3O4S. The van der Waals surface area contributed by atoms with Crippen LogP contribution in [0.25, 0.3) is 0 Å². The SMILES string of the molecule is Cc1nonc1CN1C(=O)c2ccccc2S1(=O)=O. The van der Waals surface area contributed by atoms with Crippen LogP contribution in [0.4, 0.5) is 0 Å². The smallest absolute Gasteiger partial charge is 0.268 e. The number of rotatable bonds is 2. The predicted molar refractivity (Wildman–Crippen MR) is 62.5 cm³/mol. The van der Waals surface area contributed by atoms with E-state index in [1.165, 1.54) is 12.1 Å². The van der Waals surface area contributed by atoms with Gasteiger partial charge in [-0.3, -0.25) is 4.79 Å². The van der Waals surface area contributed by atoms with Gasteiger partial charge in [-0.25, -0.2) is 17.4 Å². The number of carbonyl (C=O) groups is 1. The molecular weight excluding hydrogens is 270 g/mol. The third-order valence-corrected chi connectivity index (χ3v) is 4.74. The molecule has 0 fully saturated rings. The van der Waals surface area contributed by atoms with E-state index in [0.717, 1.165) is 4.31 Å². The Kier molecular flexibility index (Phi) is 2.42. The van der Waals surface area contributed by atoms with E-state index in [1.54, 1.807) is 19.1 Å². The van der Waals surface area contributed by atoms with Crippen molar-refractivity contribution >= 4 is 15.9 Å². The van der Waals surface area contributed by atoms with Gasteiger partial charge in [-0.2, -0.15) is 0 Å². The van der Waals surface area contributed by atoms with Crippen LogP contribution in [0.3, 0.4) is 0 Å². The molecule has 0 saturated heterocycles. The minimum Gasteiger partial charge on any atom is -0.268 e. The molecule has 2 aromatic rings. The van der Waals surface area contributed by atoms with Crippen molar-refractivity contribution in [1.82, 2.24) is 14.6 Å². The summed E-state index contributed by atoms with van der Waals surface area (Å²) in [4.78, 5) is 12.1. The van der Waals surface area contributed by atoms with Gasteiger partial charge < -0.3 is 0 Å². The monoisotopic (exact) mass is 279 g/mol. The van der Waals surface area contributed by atoms with Crippen molar-refractivity contribution in [3.63, 3.8) is 0 Å². The Labute approximate surface area is 108 Å². The standard InChI is InChI=1S/C11H9N3O4S/c1-7-9(13-18-12-7)6-14-11(15)8-4-2-3-5-10(8)19(14,16)17/h2-5H,6H2,1H3. The fraction of sp³-hybridized carbons (Fsp3) is 0.182. The molecule has 8 heteroatoms. The van der Waals surface area contributed by atoms with Gasteiger partial charge in [-0.15, -0.1) is 0 Å². The van der Waals surface area contributed by atoms with Gasteiger partial charge in [0.15, 0.2) is 0 Å². The number of benzene rings is 1. The highest BCUT2D eigenvalue weighted by Gasteiger charge is 2.41. The molecule has 2 heterocycles. The summed E-state index contributed by atoms with van der Waals surface area (Å²) >= 11 is 0. The Morgan fingerprint density at radius 2 is 2.00 bits per heavy atom. The van der Waals surface area contributed by atoms with E-state index in [0.29, 0.717) is 11.4 Å². The van der Waals surface area contributed by atoms with Crippen LogP contribution in [0, 0.1) is 6.92 Å². The molecule has 0 radical (unpaired) electrons. The first-order chi connectivity index (χ1) is 9.01. The quantitative estimate of drug-likeness (QED) is 0.804. The van der Waals surface area contributed by atoms with Crippen molar-refractivity contribution in [2.24, 2.45) is 0 Å². The molecule has 0 aliphatic carbocycles. The highest BCUT2D eigenvalue weighted by molar-refractivity contribution is 7.90. The molecule has 19 heavy (non-hydrogen) atoms. The zero-order chi connectivity index (χ0) is 13.6. The normalized spacial score (nSPS) is 16.7. The Morgan fingerprint density at radius 3 is 2.63 bits per heavy atom. The number of hydrogen-bond acceptors (Lipinski definition) is 6. The third kappa shape index (κ3) is 1.64. The fourth-order valence-corrected chi connectivity index (χ4v) is 3.45. The molecule has 1 amide bonds. The maximum Gasteiger partial charge on any atom is 0.269 e. The van der Waals surface area contributed by atoms with Gasteiger partial charge >= 0.3 is 0 Å². The summed E-state index contributed by atoms with van der Waals surface area (Å²) in [5, 5.41) is 7.16. The van der Waals surface area contributed by atoms with Gasteiger partial charge in [-0.05, 0) is 19.1 Å². The van der Waals surface area contributed by atoms with Gasteiger partial charge in [0.05, 0.1) is 12.1 Å². The molecule has 0 unspecified atom stereocenters. The molecule has 0 N–H and O–H groups in total. The van der Waals surface area contributed by atoms with E-state index in [2.05, 4.69) is 14.9 Å². The van der Waals surface area contributed by atoms with Crippen molar-refractivity contribution in [3.05, 3.63) is 41.2 Å². The first kappa shape index (κ1) is 11.8. The summed E-state index contributed by atoms with van der Waals surface area (Å²) in [5.74, 6) is -0.557. The van der Waals surface area contributed by atoms with E-state index >= 15 is 0 Å². The van der Waals surface area contributed by atoms with Crippen LogP contribution in [0.15, 0.2) is 33.8 Å². The number of carbonyl (C=O) groups excluding carboxylic acids is 1. The molecule has 98 valence electrons. The van der Waals surface area contributed by atoms with Crippen molar-refractivity contribution < 1.29 is 17.8 Å². The second kappa shape index (κ2) is 3.89. The molecule has 0 spiro atoms. The van der Waals surface area contributed by atoms with Crippen LogP contribution in [0.2, 0.25) is 0 Å². The van der Waals surface area contributed by atoms with Crippen LogP contribution in [-0.2, 0) is 16.6 Å². The lowest BCUT2D eigenvalue weighted by Gasteiger charge is -2.12. The second-order valence-corrected chi connectivity index (χ2v) is 5.94. The lowest BCUT2D eigenvalue weighted by molar-refractivity contribution is 0.0863. The van der Waals surface area contributed by atoms with Crippen LogP contribution in [0.1, 0.15) is 21.7 Å². The van der Waals surface area contributed by atoms with E-state index in [-0.39, 0.29) is 17.0 Å². The summed E-state index contributed by atoms with van der Waals surface area (Å²) in [6.45, 7) is 1.46. The van der Waals surface area contributed by atoms with Crippen molar-refractivity contribution in [2.75, 3.05) is 0 Å². The summed E-state index contributed by atoms with van der Waals surface area (Å²) in [7, 11) is -3.81. The van der Waals surface area contributed by atoms with Crippen molar-refractivity contribution in [3.8, 4) is 0 Å². The molecule has 0 atom stereocenters. The van der Waals surface area contributed by atoms with E-state index in [1.807, 2.05) is 0 Å². The number of nitrogens with zero attached hydrogens (tertiary/aromatic N) is 3. The first-order valence-electron chi connectivity index (χ1n) is 5.46.